The van der Waals surface area contributed by atoms with Gasteiger partial charge in [-0.25, -0.2) is 0 Å². The first-order chi connectivity index (χ1) is 13.1. The SMILES string of the molecule is CC(=O)OCCOCCOCCOCCOCCOCCOCCC(C)C. The van der Waals surface area contributed by atoms with Crippen molar-refractivity contribution in [2.75, 3.05) is 85.9 Å². The number of esters is 1. The molecule has 0 unspecified atom stereocenters. The Kier molecular flexibility index (Phi) is 20.9. The van der Waals surface area contributed by atoms with Crippen LogP contribution in [0.1, 0.15) is 27.2 Å². The van der Waals surface area contributed by atoms with E-state index in [-0.39, 0.29) is 12.6 Å². The highest BCUT2D eigenvalue weighted by Crippen LogP contribution is 1.98. The van der Waals surface area contributed by atoms with Gasteiger partial charge in [0.05, 0.1) is 72.7 Å². The van der Waals surface area contributed by atoms with E-state index in [0.29, 0.717) is 78.6 Å². The van der Waals surface area contributed by atoms with E-state index in [1.54, 1.807) is 0 Å². The summed E-state index contributed by atoms with van der Waals surface area (Å²) in [5.41, 5.74) is 0. The standard InChI is InChI=1S/C19H38O8/c1-18(2)4-5-21-6-7-22-8-9-23-10-11-24-12-13-25-14-15-26-16-17-27-19(3)20/h18H,4-17H2,1-3H3. The van der Waals surface area contributed by atoms with Gasteiger partial charge in [-0.2, -0.15) is 0 Å². The van der Waals surface area contributed by atoms with Gasteiger partial charge in [0.1, 0.15) is 6.61 Å². The van der Waals surface area contributed by atoms with E-state index >= 15 is 0 Å². The van der Waals surface area contributed by atoms with Crippen molar-refractivity contribution < 1.29 is 38.0 Å². The summed E-state index contributed by atoms with van der Waals surface area (Å²) in [7, 11) is 0. The first kappa shape index (κ1) is 26.2. The van der Waals surface area contributed by atoms with Gasteiger partial charge in [0.2, 0.25) is 0 Å². The van der Waals surface area contributed by atoms with E-state index in [2.05, 4.69) is 13.8 Å². The van der Waals surface area contributed by atoms with Crippen LogP contribution >= 0.6 is 0 Å². The molecule has 0 heterocycles. The third kappa shape index (κ3) is 25.2. The quantitative estimate of drug-likeness (QED) is 0.215. The van der Waals surface area contributed by atoms with Crippen molar-refractivity contribution in [2.24, 2.45) is 5.92 Å². The Labute approximate surface area is 163 Å². The highest BCUT2D eigenvalue weighted by Gasteiger charge is 1.96. The monoisotopic (exact) mass is 394 g/mol. The van der Waals surface area contributed by atoms with Crippen molar-refractivity contribution >= 4 is 5.97 Å². The molecule has 0 aromatic rings. The van der Waals surface area contributed by atoms with Gasteiger partial charge in [-0.3, -0.25) is 4.79 Å². The molecule has 0 aliphatic carbocycles. The molecule has 0 aliphatic heterocycles. The molecule has 0 saturated carbocycles. The van der Waals surface area contributed by atoms with Crippen molar-refractivity contribution in [3.63, 3.8) is 0 Å². The zero-order valence-electron chi connectivity index (χ0n) is 17.2. The smallest absolute Gasteiger partial charge is 0.302 e. The van der Waals surface area contributed by atoms with Gasteiger partial charge < -0.3 is 33.2 Å². The van der Waals surface area contributed by atoms with E-state index < -0.39 is 0 Å². The Morgan fingerprint density at radius 3 is 1.15 bits per heavy atom. The Balaban J connectivity index is 3.00. The summed E-state index contributed by atoms with van der Waals surface area (Å²) in [6, 6.07) is 0. The van der Waals surface area contributed by atoms with Crippen molar-refractivity contribution in [3.8, 4) is 0 Å². The third-order valence-electron chi connectivity index (χ3n) is 3.23. The van der Waals surface area contributed by atoms with Crippen LogP contribution in [0.2, 0.25) is 0 Å². The molecule has 0 aromatic carbocycles. The largest absolute Gasteiger partial charge is 0.463 e. The van der Waals surface area contributed by atoms with E-state index in [1.807, 2.05) is 0 Å². The summed E-state index contributed by atoms with van der Waals surface area (Å²) in [6.07, 6.45) is 1.08. The number of carbonyl (C=O) groups excluding carboxylic acids is 1. The average Bonchev–Trinajstić information content (AvgIpc) is 2.62. The van der Waals surface area contributed by atoms with Crippen LogP contribution in [-0.2, 0) is 38.0 Å². The number of rotatable bonds is 21. The molecule has 8 heteroatoms. The molecule has 0 N–H and O–H groups in total. The zero-order chi connectivity index (χ0) is 20.0. The lowest BCUT2D eigenvalue weighted by molar-refractivity contribution is -0.142. The summed E-state index contributed by atoms with van der Waals surface area (Å²) >= 11 is 0. The Hall–Kier alpha value is -0.770. The van der Waals surface area contributed by atoms with Gasteiger partial charge in [-0.05, 0) is 12.3 Å². The minimum absolute atomic E-state index is 0.273. The molecule has 0 atom stereocenters. The Morgan fingerprint density at radius 1 is 0.556 bits per heavy atom. The predicted molar refractivity (Wildman–Crippen MR) is 101 cm³/mol. The van der Waals surface area contributed by atoms with E-state index in [4.69, 9.17) is 33.2 Å². The van der Waals surface area contributed by atoms with Gasteiger partial charge in [0.15, 0.2) is 0 Å². The minimum Gasteiger partial charge on any atom is -0.463 e. The molecular weight excluding hydrogens is 356 g/mol. The average molecular weight is 395 g/mol. The molecule has 162 valence electrons. The maximum Gasteiger partial charge on any atom is 0.302 e. The molecule has 27 heavy (non-hydrogen) atoms. The van der Waals surface area contributed by atoms with Crippen LogP contribution in [0.25, 0.3) is 0 Å². The molecule has 0 spiro atoms. The van der Waals surface area contributed by atoms with Gasteiger partial charge in [-0.15, -0.1) is 0 Å². The second-order valence-electron chi connectivity index (χ2n) is 6.20. The van der Waals surface area contributed by atoms with E-state index in [9.17, 15) is 4.79 Å². The van der Waals surface area contributed by atoms with Crippen molar-refractivity contribution in [1.29, 1.82) is 0 Å². The second kappa shape index (κ2) is 21.5. The first-order valence-electron chi connectivity index (χ1n) is 9.72. The molecule has 0 amide bonds. The van der Waals surface area contributed by atoms with Gasteiger partial charge in [0, 0.05) is 13.5 Å². The van der Waals surface area contributed by atoms with E-state index in [0.717, 1.165) is 13.0 Å². The molecule has 0 aromatic heterocycles. The summed E-state index contributed by atoms with van der Waals surface area (Å²) < 4.78 is 37.0. The molecule has 0 fully saturated rings. The van der Waals surface area contributed by atoms with Gasteiger partial charge >= 0.3 is 5.97 Å². The lowest BCUT2D eigenvalue weighted by atomic mass is 10.1. The first-order valence-corrected chi connectivity index (χ1v) is 9.72. The van der Waals surface area contributed by atoms with Gasteiger partial charge in [0.25, 0.3) is 0 Å². The van der Waals surface area contributed by atoms with Crippen molar-refractivity contribution in [1.82, 2.24) is 0 Å². The highest BCUT2D eigenvalue weighted by atomic mass is 16.6. The summed E-state index contributed by atoms with van der Waals surface area (Å²) in [4.78, 5) is 10.5. The molecule has 0 radical (unpaired) electrons. The fraction of sp³-hybridized carbons (Fsp3) is 0.947. The van der Waals surface area contributed by atoms with Crippen LogP contribution in [0.5, 0.6) is 0 Å². The fourth-order valence-corrected chi connectivity index (χ4v) is 1.76. The third-order valence-corrected chi connectivity index (χ3v) is 3.23. The van der Waals surface area contributed by atoms with Crippen LogP contribution in [-0.4, -0.2) is 91.9 Å². The summed E-state index contributed by atoms with van der Waals surface area (Å²) in [5.74, 6) is 0.373. The van der Waals surface area contributed by atoms with Crippen LogP contribution in [0.3, 0.4) is 0 Å². The molecule has 0 rings (SSSR count). The van der Waals surface area contributed by atoms with Crippen LogP contribution in [0, 0.1) is 5.92 Å². The van der Waals surface area contributed by atoms with Crippen molar-refractivity contribution in [3.05, 3.63) is 0 Å². The molecule has 0 aliphatic rings. The predicted octanol–water partition coefficient (Wildman–Crippen LogP) is 1.70. The molecular formula is C19H38O8. The number of hydrogen-bond donors (Lipinski definition) is 0. The normalized spacial score (nSPS) is 11.3. The molecule has 0 bridgehead atoms. The van der Waals surface area contributed by atoms with Crippen LogP contribution in [0.4, 0.5) is 0 Å². The zero-order valence-corrected chi connectivity index (χ0v) is 17.2. The minimum atomic E-state index is -0.300. The fourth-order valence-electron chi connectivity index (χ4n) is 1.76. The Morgan fingerprint density at radius 2 is 0.852 bits per heavy atom. The topological polar surface area (TPSA) is 81.7 Å². The van der Waals surface area contributed by atoms with Crippen molar-refractivity contribution in [2.45, 2.75) is 27.2 Å². The Bertz CT molecular complexity index is 312. The lowest BCUT2D eigenvalue weighted by Gasteiger charge is -2.08. The van der Waals surface area contributed by atoms with Crippen LogP contribution in [0.15, 0.2) is 0 Å². The lowest BCUT2D eigenvalue weighted by Crippen LogP contribution is -2.15. The maximum atomic E-state index is 10.5. The number of hydrogen-bond acceptors (Lipinski definition) is 8. The molecule has 0 saturated heterocycles. The van der Waals surface area contributed by atoms with Crippen LogP contribution < -0.4 is 0 Å². The second-order valence-corrected chi connectivity index (χ2v) is 6.20. The number of ether oxygens (including phenoxy) is 7. The summed E-state index contributed by atoms with van der Waals surface area (Å²) in [6.45, 7) is 12.6. The molecule has 8 nitrogen and oxygen atoms in total. The number of carbonyl (C=O) groups is 1. The van der Waals surface area contributed by atoms with Gasteiger partial charge in [-0.1, -0.05) is 13.8 Å². The summed E-state index contributed by atoms with van der Waals surface area (Å²) in [5, 5.41) is 0. The van der Waals surface area contributed by atoms with E-state index in [1.165, 1.54) is 6.92 Å². The highest BCUT2D eigenvalue weighted by molar-refractivity contribution is 5.65. The maximum absolute atomic E-state index is 10.5.